The molecule has 2 heterocycles. The molecule has 1 aliphatic heterocycles. The summed E-state index contributed by atoms with van der Waals surface area (Å²) >= 11 is 0. The molecule has 0 aromatic carbocycles. The predicted octanol–water partition coefficient (Wildman–Crippen LogP) is -0.509. The summed E-state index contributed by atoms with van der Waals surface area (Å²) in [5.41, 5.74) is 11.3. The van der Waals surface area contributed by atoms with Crippen LogP contribution >= 0.6 is 0 Å². The average Bonchev–Trinajstić information content (AvgIpc) is 2.42. The summed E-state index contributed by atoms with van der Waals surface area (Å²) in [6, 6.07) is 2.86. The highest BCUT2D eigenvalue weighted by Gasteiger charge is 2.22. The number of rotatable bonds is 5. The van der Waals surface area contributed by atoms with Crippen molar-refractivity contribution in [1.29, 1.82) is 0 Å². The fourth-order valence-corrected chi connectivity index (χ4v) is 1.68. The molecule has 9 heteroatoms. The molecular weight excluding hydrogens is 265 g/mol. The minimum atomic E-state index is -0.414. The molecule has 0 unspecified atom stereocenters. The molecule has 0 saturated carbocycles. The van der Waals surface area contributed by atoms with Crippen LogP contribution in [0.25, 0.3) is 0 Å². The maximum atomic E-state index is 13.0. The van der Waals surface area contributed by atoms with E-state index in [2.05, 4.69) is 15.0 Å². The molecule has 0 saturated heterocycles. The minimum absolute atomic E-state index is 0.123. The van der Waals surface area contributed by atoms with E-state index in [4.69, 9.17) is 16.2 Å². The number of hydrogen-bond donors (Lipinski definition) is 2. The highest BCUT2D eigenvalue weighted by molar-refractivity contribution is 5.95. The Balaban J connectivity index is 2.24. The average molecular weight is 281 g/mol. The molecule has 4 N–H and O–H groups in total. The number of aliphatic imine (C=N–C) groups is 2. The van der Waals surface area contributed by atoms with Gasteiger partial charge in [0, 0.05) is 7.11 Å². The highest BCUT2D eigenvalue weighted by atomic mass is 19.1. The maximum Gasteiger partial charge on any atom is 0.220 e. The molecule has 0 radical (unpaired) electrons. The molecule has 20 heavy (non-hydrogen) atoms. The van der Waals surface area contributed by atoms with Gasteiger partial charge in [-0.3, -0.25) is 5.01 Å². The number of nitrogens with zero attached hydrogens (tertiary/aromatic N) is 5. The van der Waals surface area contributed by atoms with E-state index in [0.717, 1.165) is 6.20 Å². The molecule has 8 nitrogen and oxygen atoms in total. The zero-order valence-corrected chi connectivity index (χ0v) is 11.0. The molecule has 1 aromatic rings. The quantitative estimate of drug-likeness (QED) is 0.753. The maximum absolute atomic E-state index is 13.0. The Morgan fingerprint density at radius 1 is 1.45 bits per heavy atom. The third-order valence-electron chi connectivity index (χ3n) is 2.64. The second kappa shape index (κ2) is 6.15. The summed E-state index contributed by atoms with van der Waals surface area (Å²) in [6.45, 7) is 1.10. The van der Waals surface area contributed by atoms with Crippen molar-refractivity contribution in [1.82, 2.24) is 9.99 Å². The molecule has 1 aliphatic rings. The lowest BCUT2D eigenvalue weighted by atomic mass is 10.4. The van der Waals surface area contributed by atoms with Crippen molar-refractivity contribution in [3.63, 3.8) is 0 Å². The number of nitrogens with two attached hydrogens (primary N) is 2. The molecule has 0 fully saturated rings. The monoisotopic (exact) mass is 281 g/mol. The Kier molecular flexibility index (Phi) is 4.31. The van der Waals surface area contributed by atoms with Crippen molar-refractivity contribution in [3.8, 4) is 0 Å². The van der Waals surface area contributed by atoms with Gasteiger partial charge >= 0.3 is 0 Å². The zero-order chi connectivity index (χ0) is 14.5. The van der Waals surface area contributed by atoms with Gasteiger partial charge in [-0.25, -0.2) is 19.4 Å². The smallest absolute Gasteiger partial charge is 0.220 e. The van der Waals surface area contributed by atoms with Crippen LogP contribution < -0.4 is 16.5 Å². The van der Waals surface area contributed by atoms with Gasteiger partial charge in [-0.1, -0.05) is 0 Å². The summed E-state index contributed by atoms with van der Waals surface area (Å²) < 4.78 is 18.0. The molecule has 0 aliphatic carbocycles. The number of hydrogen-bond acceptors (Lipinski definition) is 8. The van der Waals surface area contributed by atoms with Crippen LogP contribution in [0.3, 0.4) is 0 Å². The SMILES string of the molecule is COCCN(c1ccc(F)cn1)N1CN=C(N)N=C1N. The van der Waals surface area contributed by atoms with Gasteiger partial charge in [0.15, 0.2) is 0 Å². The van der Waals surface area contributed by atoms with Crippen LogP contribution in [-0.4, -0.2) is 48.8 Å². The minimum Gasteiger partial charge on any atom is -0.383 e. The van der Waals surface area contributed by atoms with Crippen LogP contribution in [0.2, 0.25) is 0 Å². The molecule has 1 aromatic heterocycles. The first kappa shape index (κ1) is 14.0. The van der Waals surface area contributed by atoms with Gasteiger partial charge in [-0.05, 0) is 12.1 Å². The summed E-state index contributed by atoms with van der Waals surface area (Å²) in [4.78, 5) is 11.9. The third kappa shape index (κ3) is 3.12. The van der Waals surface area contributed by atoms with Crippen molar-refractivity contribution in [2.24, 2.45) is 21.5 Å². The largest absolute Gasteiger partial charge is 0.383 e. The summed E-state index contributed by atoms with van der Waals surface area (Å²) in [5, 5.41) is 3.30. The molecule has 0 spiro atoms. The van der Waals surface area contributed by atoms with Crippen LogP contribution in [0, 0.1) is 5.82 Å². The predicted molar refractivity (Wildman–Crippen MR) is 73.4 cm³/mol. The number of ether oxygens (including phenoxy) is 1. The van der Waals surface area contributed by atoms with Crippen molar-refractivity contribution in [2.45, 2.75) is 0 Å². The fraction of sp³-hybridized carbons (Fsp3) is 0.364. The van der Waals surface area contributed by atoms with E-state index in [1.807, 2.05) is 0 Å². The van der Waals surface area contributed by atoms with E-state index in [9.17, 15) is 4.39 Å². The Morgan fingerprint density at radius 2 is 2.25 bits per heavy atom. The van der Waals surface area contributed by atoms with Gasteiger partial charge in [0.25, 0.3) is 0 Å². The zero-order valence-electron chi connectivity index (χ0n) is 11.0. The van der Waals surface area contributed by atoms with E-state index in [-0.39, 0.29) is 18.6 Å². The third-order valence-corrected chi connectivity index (χ3v) is 2.64. The first-order chi connectivity index (χ1) is 9.61. The molecule has 0 atom stereocenters. The Bertz CT molecular complexity index is 516. The van der Waals surface area contributed by atoms with Crippen LogP contribution in [-0.2, 0) is 4.74 Å². The van der Waals surface area contributed by atoms with Crippen molar-refractivity contribution in [3.05, 3.63) is 24.1 Å². The van der Waals surface area contributed by atoms with Crippen LogP contribution in [0.1, 0.15) is 0 Å². The Morgan fingerprint density at radius 3 is 2.85 bits per heavy atom. The first-order valence-corrected chi connectivity index (χ1v) is 5.91. The number of halogens is 1. The molecule has 2 rings (SSSR count). The van der Waals surface area contributed by atoms with E-state index in [0.29, 0.717) is 19.0 Å². The Labute approximate surface area is 115 Å². The second-order valence-electron chi connectivity index (χ2n) is 3.98. The molecule has 0 bridgehead atoms. The fourth-order valence-electron chi connectivity index (χ4n) is 1.68. The lowest BCUT2D eigenvalue weighted by Crippen LogP contribution is -2.54. The van der Waals surface area contributed by atoms with E-state index in [1.54, 1.807) is 23.2 Å². The standard InChI is InChI=1S/C11H16FN7O/c1-20-5-4-18(9-3-2-8(12)6-15-9)19-7-16-10(13)17-11(19)14/h2-3,6H,4-5,7H2,1H3,(H4,13,14,16,17). The topological polar surface area (TPSA) is 105 Å². The van der Waals surface area contributed by atoms with Gasteiger partial charge in [-0.2, -0.15) is 4.99 Å². The van der Waals surface area contributed by atoms with Crippen molar-refractivity contribution < 1.29 is 9.13 Å². The van der Waals surface area contributed by atoms with Gasteiger partial charge < -0.3 is 16.2 Å². The van der Waals surface area contributed by atoms with Gasteiger partial charge in [0.05, 0.1) is 19.3 Å². The number of pyridine rings is 1. The van der Waals surface area contributed by atoms with E-state index >= 15 is 0 Å². The number of guanidine groups is 2. The Hall–Kier alpha value is -2.42. The summed E-state index contributed by atoms with van der Waals surface area (Å²) in [7, 11) is 1.58. The second-order valence-corrected chi connectivity index (χ2v) is 3.98. The van der Waals surface area contributed by atoms with Crippen LogP contribution in [0.5, 0.6) is 0 Å². The normalized spacial score (nSPS) is 14.8. The van der Waals surface area contributed by atoms with Crippen LogP contribution in [0.4, 0.5) is 10.2 Å². The van der Waals surface area contributed by atoms with Gasteiger partial charge in [-0.15, -0.1) is 0 Å². The number of hydrazine groups is 1. The van der Waals surface area contributed by atoms with Crippen LogP contribution in [0.15, 0.2) is 28.3 Å². The van der Waals surface area contributed by atoms with E-state index in [1.165, 1.54) is 6.07 Å². The highest BCUT2D eigenvalue weighted by Crippen LogP contribution is 2.15. The van der Waals surface area contributed by atoms with Crippen molar-refractivity contribution >= 4 is 17.7 Å². The number of anilines is 1. The lowest BCUT2D eigenvalue weighted by Gasteiger charge is -2.36. The van der Waals surface area contributed by atoms with Gasteiger partial charge in [0.1, 0.15) is 18.3 Å². The number of aromatic nitrogens is 1. The molecule has 0 amide bonds. The first-order valence-electron chi connectivity index (χ1n) is 5.91. The molecular formula is C11H16FN7O. The summed E-state index contributed by atoms with van der Waals surface area (Å²) in [5.74, 6) is 0.414. The van der Waals surface area contributed by atoms with E-state index < -0.39 is 5.82 Å². The lowest BCUT2D eigenvalue weighted by molar-refractivity contribution is 0.192. The molecule has 108 valence electrons. The van der Waals surface area contributed by atoms with Crippen molar-refractivity contribution in [2.75, 3.05) is 31.9 Å². The van der Waals surface area contributed by atoms with Gasteiger partial charge in [0.2, 0.25) is 11.9 Å². The summed E-state index contributed by atoms with van der Waals surface area (Å²) in [6.07, 6.45) is 1.13. The number of methoxy groups -OCH3 is 1.